The van der Waals surface area contributed by atoms with Gasteiger partial charge in [0.25, 0.3) is 0 Å². The van der Waals surface area contributed by atoms with Crippen LogP contribution in [0.5, 0.6) is 11.5 Å². The quantitative estimate of drug-likeness (QED) is 0.461. The van der Waals surface area contributed by atoms with Gasteiger partial charge in [-0.25, -0.2) is 4.98 Å². The molecule has 1 fully saturated rings. The standard InChI is InChI=1S/C24H23N3O2/c1-3-11-22(28-20-9-5-13-25-15-20)18(7-1)16-27-14-6-8-19(17-27)24-26-21-10-2-4-12-23(21)29-24/h1-5,7,9-13,15,19H,6,8,14,16-17H2. The number of likely N-dealkylation sites (tertiary alicyclic amines) is 1. The number of hydrogen-bond donors (Lipinski definition) is 0. The molecule has 2 aromatic heterocycles. The summed E-state index contributed by atoms with van der Waals surface area (Å²) in [5.41, 5.74) is 2.99. The zero-order valence-electron chi connectivity index (χ0n) is 16.2. The van der Waals surface area contributed by atoms with Gasteiger partial charge in [0.05, 0.1) is 6.20 Å². The van der Waals surface area contributed by atoms with Crippen LogP contribution in [0.3, 0.4) is 0 Å². The second-order valence-electron chi connectivity index (χ2n) is 7.49. The van der Waals surface area contributed by atoms with Crippen LogP contribution in [0, 0.1) is 0 Å². The highest BCUT2D eigenvalue weighted by Crippen LogP contribution is 2.31. The lowest BCUT2D eigenvalue weighted by atomic mass is 9.97. The zero-order valence-corrected chi connectivity index (χ0v) is 16.2. The van der Waals surface area contributed by atoms with E-state index in [2.05, 4.69) is 22.0 Å². The van der Waals surface area contributed by atoms with Gasteiger partial charge in [0.1, 0.15) is 17.0 Å². The number of rotatable bonds is 5. The Bertz CT molecular complexity index is 1060. The fraction of sp³-hybridized carbons (Fsp3) is 0.250. The molecule has 0 radical (unpaired) electrons. The van der Waals surface area contributed by atoms with E-state index in [1.807, 2.05) is 48.5 Å². The van der Waals surface area contributed by atoms with Gasteiger partial charge in [-0.2, -0.15) is 0 Å². The molecule has 1 aliphatic heterocycles. The Balaban J connectivity index is 1.32. The van der Waals surface area contributed by atoms with Gasteiger partial charge in [0, 0.05) is 30.8 Å². The molecule has 0 N–H and O–H groups in total. The van der Waals surface area contributed by atoms with Crippen LogP contribution in [0.15, 0.2) is 77.5 Å². The third-order valence-corrected chi connectivity index (χ3v) is 5.39. The van der Waals surface area contributed by atoms with E-state index in [0.717, 1.165) is 61.0 Å². The lowest BCUT2D eigenvalue weighted by Crippen LogP contribution is -2.34. The van der Waals surface area contributed by atoms with Crippen LogP contribution < -0.4 is 4.74 Å². The smallest absolute Gasteiger partial charge is 0.199 e. The van der Waals surface area contributed by atoms with E-state index < -0.39 is 0 Å². The highest BCUT2D eigenvalue weighted by molar-refractivity contribution is 5.72. The van der Waals surface area contributed by atoms with Crippen molar-refractivity contribution in [2.45, 2.75) is 25.3 Å². The Kier molecular flexibility index (Phi) is 4.97. The number of ether oxygens (including phenoxy) is 1. The number of fused-ring (bicyclic) bond motifs is 1. The second-order valence-corrected chi connectivity index (χ2v) is 7.49. The predicted molar refractivity (Wildman–Crippen MR) is 112 cm³/mol. The first-order valence-electron chi connectivity index (χ1n) is 10.1. The molecule has 0 saturated carbocycles. The van der Waals surface area contributed by atoms with Gasteiger partial charge in [0.15, 0.2) is 11.5 Å². The molecular formula is C24H23N3O2. The Morgan fingerprint density at radius 3 is 2.83 bits per heavy atom. The number of piperidine rings is 1. The van der Waals surface area contributed by atoms with Crippen molar-refractivity contribution in [3.63, 3.8) is 0 Å². The van der Waals surface area contributed by atoms with Gasteiger partial charge >= 0.3 is 0 Å². The first-order valence-corrected chi connectivity index (χ1v) is 10.1. The summed E-state index contributed by atoms with van der Waals surface area (Å²) in [6.07, 6.45) is 5.73. The monoisotopic (exact) mass is 385 g/mol. The topological polar surface area (TPSA) is 51.4 Å². The average Bonchev–Trinajstić information content (AvgIpc) is 3.21. The summed E-state index contributed by atoms with van der Waals surface area (Å²) >= 11 is 0. The van der Waals surface area contributed by atoms with Crippen molar-refractivity contribution in [2.75, 3.05) is 13.1 Å². The van der Waals surface area contributed by atoms with Crippen molar-refractivity contribution >= 4 is 11.1 Å². The maximum atomic E-state index is 6.08. The van der Waals surface area contributed by atoms with Gasteiger partial charge in [0.2, 0.25) is 0 Å². The molecule has 5 nitrogen and oxygen atoms in total. The summed E-state index contributed by atoms with van der Waals surface area (Å²) in [6.45, 7) is 2.85. The number of pyridine rings is 1. The van der Waals surface area contributed by atoms with E-state index in [4.69, 9.17) is 14.1 Å². The molecular weight excluding hydrogens is 362 g/mol. The maximum absolute atomic E-state index is 6.08. The molecule has 29 heavy (non-hydrogen) atoms. The van der Waals surface area contributed by atoms with Crippen molar-refractivity contribution < 1.29 is 9.15 Å². The molecule has 0 aliphatic carbocycles. The highest BCUT2D eigenvalue weighted by Gasteiger charge is 2.26. The van der Waals surface area contributed by atoms with Crippen molar-refractivity contribution in [3.8, 4) is 11.5 Å². The zero-order chi connectivity index (χ0) is 19.5. The van der Waals surface area contributed by atoms with E-state index in [0.29, 0.717) is 5.92 Å². The Morgan fingerprint density at radius 2 is 1.93 bits per heavy atom. The van der Waals surface area contributed by atoms with Crippen LogP contribution in [-0.2, 0) is 6.54 Å². The molecule has 0 bridgehead atoms. The molecule has 5 heteroatoms. The maximum Gasteiger partial charge on any atom is 0.199 e. The molecule has 4 aromatic rings. The normalized spacial score (nSPS) is 17.4. The Labute approximate surface area is 170 Å². The molecule has 1 saturated heterocycles. The summed E-state index contributed by atoms with van der Waals surface area (Å²) < 4.78 is 12.1. The van der Waals surface area contributed by atoms with Crippen LogP contribution in [0.4, 0.5) is 0 Å². The van der Waals surface area contributed by atoms with Crippen LogP contribution >= 0.6 is 0 Å². The fourth-order valence-electron chi connectivity index (χ4n) is 3.97. The summed E-state index contributed by atoms with van der Waals surface area (Å²) in [6, 6.07) is 20.0. The summed E-state index contributed by atoms with van der Waals surface area (Å²) in [5.74, 6) is 2.81. The predicted octanol–water partition coefficient (Wildman–Crippen LogP) is 5.39. The van der Waals surface area contributed by atoms with E-state index in [-0.39, 0.29) is 0 Å². The van der Waals surface area contributed by atoms with Gasteiger partial charge in [-0.15, -0.1) is 0 Å². The van der Waals surface area contributed by atoms with Gasteiger partial charge < -0.3 is 9.15 Å². The van der Waals surface area contributed by atoms with Crippen LogP contribution in [0.2, 0.25) is 0 Å². The van der Waals surface area contributed by atoms with Crippen LogP contribution in [0.1, 0.15) is 30.2 Å². The van der Waals surface area contributed by atoms with Gasteiger partial charge in [-0.05, 0) is 49.7 Å². The number of nitrogens with zero attached hydrogens (tertiary/aromatic N) is 3. The Morgan fingerprint density at radius 1 is 1.03 bits per heavy atom. The SMILES string of the molecule is c1cncc(Oc2ccccc2CN2CCCC(c3nc4ccccc4o3)C2)c1. The average molecular weight is 385 g/mol. The minimum absolute atomic E-state index is 0.322. The second kappa shape index (κ2) is 8.05. The van der Waals surface area contributed by atoms with Crippen molar-refractivity contribution in [3.05, 3.63) is 84.5 Å². The number of benzene rings is 2. The highest BCUT2D eigenvalue weighted by atomic mass is 16.5. The molecule has 0 spiro atoms. The van der Waals surface area contributed by atoms with E-state index in [9.17, 15) is 0 Å². The van der Waals surface area contributed by atoms with Crippen molar-refractivity contribution in [1.29, 1.82) is 0 Å². The van der Waals surface area contributed by atoms with Gasteiger partial charge in [-0.1, -0.05) is 30.3 Å². The lowest BCUT2D eigenvalue weighted by Gasteiger charge is -2.31. The third kappa shape index (κ3) is 4.00. The largest absolute Gasteiger partial charge is 0.455 e. The van der Waals surface area contributed by atoms with Crippen LogP contribution in [0.25, 0.3) is 11.1 Å². The molecule has 2 aromatic carbocycles. The molecule has 0 amide bonds. The molecule has 5 rings (SSSR count). The number of hydrogen-bond acceptors (Lipinski definition) is 5. The van der Waals surface area contributed by atoms with Crippen molar-refractivity contribution in [2.24, 2.45) is 0 Å². The minimum atomic E-state index is 0.322. The molecule has 1 atom stereocenters. The van der Waals surface area contributed by atoms with E-state index >= 15 is 0 Å². The molecule has 3 heterocycles. The van der Waals surface area contributed by atoms with E-state index in [1.54, 1.807) is 12.4 Å². The third-order valence-electron chi connectivity index (χ3n) is 5.39. The van der Waals surface area contributed by atoms with Crippen molar-refractivity contribution in [1.82, 2.24) is 14.9 Å². The number of aromatic nitrogens is 2. The summed E-state index contributed by atoms with van der Waals surface area (Å²) in [5, 5.41) is 0. The number of para-hydroxylation sites is 3. The molecule has 1 aliphatic rings. The fourth-order valence-corrected chi connectivity index (χ4v) is 3.97. The number of oxazole rings is 1. The van der Waals surface area contributed by atoms with Gasteiger partial charge in [-0.3, -0.25) is 9.88 Å². The first-order chi connectivity index (χ1) is 14.3. The minimum Gasteiger partial charge on any atom is -0.455 e. The summed E-state index contributed by atoms with van der Waals surface area (Å²) in [7, 11) is 0. The Hall–Kier alpha value is -3.18. The van der Waals surface area contributed by atoms with Crippen LogP contribution in [-0.4, -0.2) is 28.0 Å². The molecule has 1 unspecified atom stereocenters. The van der Waals surface area contributed by atoms with E-state index in [1.165, 1.54) is 5.56 Å². The summed E-state index contributed by atoms with van der Waals surface area (Å²) in [4.78, 5) is 11.3. The molecule has 146 valence electrons. The first kappa shape index (κ1) is 17.9. The lowest BCUT2D eigenvalue weighted by molar-refractivity contribution is 0.186.